The van der Waals surface area contributed by atoms with E-state index < -0.39 is 5.82 Å². The number of benzene rings is 3. The van der Waals surface area contributed by atoms with Gasteiger partial charge in [-0.2, -0.15) is 0 Å². The van der Waals surface area contributed by atoms with Crippen molar-refractivity contribution in [3.05, 3.63) is 127 Å². The number of rotatable bonds is 10. The van der Waals surface area contributed by atoms with Gasteiger partial charge in [0.25, 0.3) is 0 Å². The highest BCUT2D eigenvalue weighted by Gasteiger charge is 2.24. The Morgan fingerprint density at radius 3 is 2.32 bits per heavy atom. The highest BCUT2D eigenvalue weighted by Crippen LogP contribution is 2.39. The summed E-state index contributed by atoms with van der Waals surface area (Å²) in [4.78, 5) is 9.73. The van der Waals surface area contributed by atoms with E-state index in [0.29, 0.717) is 23.0 Å². The zero-order valence-corrected chi connectivity index (χ0v) is 28.0. The van der Waals surface area contributed by atoms with E-state index in [1.165, 1.54) is 17.2 Å². The van der Waals surface area contributed by atoms with E-state index >= 15 is 0 Å². The molecule has 3 unspecified atom stereocenters. The molecule has 5 rings (SSSR count). The van der Waals surface area contributed by atoms with Gasteiger partial charge in [-0.15, -0.1) is 0 Å². The molecule has 0 aliphatic rings. The minimum atomic E-state index is -0.544. The van der Waals surface area contributed by atoms with Gasteiger partial charge in [0.15, 0.2) is 0 Å². The molecule has 0 bridgehead atoms. The average Bonchev–Trinajstić information content (AvgIpc) is 3.02. The molecule has 3 aromatic carbocycles. The quantitative estimate of drug-likeness (QED) is 0.153. The number of aromatic nitrogens is 2. The van der Waals surface area contributed by atoms with Crippen LogP contribution < -0.4 is 5.32 Å². The number of nitrogens with zero attached hydrogens (tertiary/aromatic N) is 2. The topological polar surface area (TPSA) is 37.8 Å². The summed E-state index contributed by atoms with van der Waals surface area (Å²) in [6.45, 7) is 12.2. The number of halogens is 4. The predicted octanol–water partition coefficient (Wildman–Crippen LogP) is 11.1. The maximum atomic E-state index is 14.3. The molecule has 3 atom stereocenters. The SMILES string of the molecule is CCC(C)c1cc(C(CNCC(C)c2cc(C)c3ncc(Cl)cc3c2)c2ccccc2)nc(-c2ccc(F)c(Cl)c2Cl)c1C. The predicted molar refractivity (Wildman–Crippen MR) is 184 cm³/mol. The van der Waals surface area contributed by atoms with Crippen LogP contribution in [-0.2, 0) is 0 Å². The van der Waals surface area contributed by atoms with Crippen molar-refractivity contribution >= 4 is 45.7 Å². The van der Waals surface area contributed by atoms with Crippen LogP contribution in [0.1, 0.15) is 78.5 Å². The molecule has 3 nitrogen and oxygen atoms in total. The summed E-state index contributed by atoms with van der Waals surface area (Å²) < 4.78 is 14.3. The van der Waals surface area contributed by atoms with Crippen LogP contribution in [0.25, 0.3) is 22.2 Å². The molecule has 1 N–H and O–H groups in total. The number of nitrogens with one attached hydrogen (secondary N) is 1. The molecule has 0 spiro atoms. The molecule has 0 saturated carbocycles. The molecule has 0 aliphatic carbocycles. The van der Waals surface area contributed by atoms with Crippen LogP contribution in [0.4, 0.5) is 4.39 Å². The highest BCUT2D eigenvalue weighted by molar-refractivity contribution is 6.43. The molecule has 228 valence electrons. The summed E-state index contributed by atoms with van der Waals surface area (Å²) in [5.74, 6) is -0.0148. The van der Waals surface area contributed by atoms with Crippen molar-refractivity contribution in [1.29, 1.82) is 0 Å². The summed E-state index contributed by atoms with van der Waals surface area (Å²) in [6, 6.07) is 22.1. The van der Waals surface area contributed by atoms with Crippen LogP contribution >= 0.6 is 34.8 Å². The first-order chi connectivity index (χ1) is 21.1. The first-order valence-corrected chi connectivity index (χ1v) is 16.2. The lowest BCUT2D eigenvalue weighted by molar-refractivity contribution is 0.580. The summed E-state index contributed by atoms with van der Waals surface area (Å²) in [5, 5.41) is 5.53. The third-order valence-corrected chi connectivity index (χ3v) is 9.72. The van der Waals surface area contributed by atoms with E-state index in [-0.39, 0.29) is 21.9 Å². The molecule has 44 heavy (non-hydrogen) atoms. The Morgan fingerprint density at radius 2 is 1.59 bits per heavy atom. The van der Waals surface area contributed by atoms with Crippen molar-refractivity contribution in [3.63, 3.8) is 0 Å². The van der Waals surface area contributed by atoms with E-state index in [9.17, 15) is 4.39 Å². The number of pyridine rings is 2. The molecule has 2 heterocycles. The lowest BCUT2D eigenvalue weighted by Crippen LogP contribution is -2.27. The summed E-state index contributed by atoms with van der Waals surface area (Å²) in [5.41, 5.74) is 9.05. The fraction of sp³-hybridized carbons (Fsp3) is 0.297. The lowest BCUT2D eigenvalue weighted by atomic mass is 9.87. The Morgan fingerprint density at radius 1 is 0.841 bits per heavy atom. The van der Waals surface area contributed by atoms with Crippen molar-refractivity contribution in [3.8, 4) is 11.3 Å². The first kappa shape index (κ1) is 32.4. The zero-order valence-electron chi connectivity index (χ0n) is 25.7. The lowest BCUT2D eigenvalue weighted by Gasteiger charge is -2.24. The van der Waals surface area contributed by atoms with Gasteiger partial charge in [0.2, 0.25) is 0 Å². The van der Waals surface area contributed by atoms with Crippen LogP contribution in [0, 0.1) is 19.7 Å². The van der Waals surface area contributed by atoms with Gasteiger partial charge in [-0.05, 0) is 90.3 Å². The van der Waals surface area contributed by atoms with E-state index in [4.69, 9.17) is 39.8 Å². The maximum Gasteiger partial charge on any atom is 0.143 e. The maximum absolute atomic E-state index is 14.3. The minimum absolute atomic E-state index is 0.0263. The molecular weight excluding hydrogens is 612 g/mol. The number of fused-ring (bicyclic) bond motifs is 1. The molecule has 0 radical (unpaired) electrons. The van der Waals surface area contributed by atoms with Gasteiger partial charge in [-0.1, -0.05) is 92.0 Å². The van der Waals surface area contributed by atoms with Crippen molar-refractivity contribution in [1.82, 2.24) is 15.3 Å². The van der Waals surface area contributed by atoms with Crippen LogP contribution in [0.3, 0.4) is 0 Å². The van der Waals surface area contributed by atoms with Crippen molar-refractivity contribution in [2.75, 3.05) is 13.1 Å². The smallest absolute Gasteiger partial charge is 0.143 e. The monoisotopic (exact) mass is 647 g/mol. The van der Waals surface area contributed by atoms with Crippen molar-refractivity contribution in [2.45, 2.75) is 58.8 Å². The molecule has 0 saturated heterocycles. The van der Waals surface area contributed by atoms with Crippen molar-refractivity contribution < 1.29 is 4.39 Å². The third-order valence-electron chi connectivity index (χ3n) is 8.66. The Balaban J connectivity index is 1.50. The summed E-state index contributed by atoms with van der Waals surface area (Å²) in [7, 11) is 0. The Kier molecular flexibility index (Phi) is 10.3. The standard InChI is InChI=1S/C37H37Cl3FN3/c1-6-21(2)30-17-33(44-37(24(30)5)29-12-13-32(41)35(40)34(29)39)31(25-10-8-7-9-11-25)20-42-18-23(4)26-14-22(3)36-27(15-26)16-28(38)19-43-36/h7-17,19,21,23,31,42H,6,18,20H2,1-5H3. The minimum Gasteiger partial charge on any atom is -0.315 e. The average molecular weight is 649 g/mol. The summed E-state index contributed by atoms with van der Waals surface area (Å²) >= 11 is 19.1. The highest BCUT2D eigenvalue weighted by atomic mass is 35.5. The Bertz CT molecular complexity index is 1790. The number of hydrogen-bond donors (Lipinski definition) is 1. The number of aryl methyl sites for hydroxylation is 1. The van der Waals surface area contributed by atoms with Crippen molar-refractivity contribution in [2.24, 2.45) is 0 Å². The van der Waals surface area contributed by atoms with Gasteiger partial charge in [0.05, 0.1) is 32.0 Å². The zero-order chi connectivity index (χ0) is 31.5. The second kappa shape index (κ2) is 14.0. The van der Waals surface area contributed by atoms with Crippen LogP contribution in [0.5, 0.6) is 0 Å². The van der Waals surface area contributed by atoms with E-state index in [0.717, 1.165) is 51.9 Å². The van der Waals surface area contributed by atoms with E-state index in [2.05, 4.69) is 87.4 Å². The van der Waals surface area contributed by atoms with E-state index in [1.807, 2.05) is 12.1 Å². The Hall–Kier alpha value is -3.02. The second-order valence-electron chi connectivity index (χ2n) is 11.7. The van der Waals surface area contributed by atoms with Gasteiger partial charge in [-0.25, -0.2) is 4.39 Å². The molecule has 5 aromatic rings. The molecule has 0 aliphatic heterocycles. The van der Waals surface area contributed by atoms with Crippen LogP contribution in [0.2, 0.25) is 15.1 Å². The number of hydrogen-bond acceptors (Lipinski definition) is 3. The van der Waals surface area contributed by atoms with Gasteiger partial charge in [0, 0.05) is 36.2 Å². The van der Waals surface area contributed by atoms with Crippen LogP contribution in [0.15, 0.2) is 72.9 Å². The Labute approximate surface area is 274 Å². The van der Waals surface area contributed by atoms with Gasteiger partial charge >= 0.3 is 0 Å². The second-order valence-corrected chi connectivity index (χ2v) is 12.9. The van der Waals surface area contributed by atoms with E-state index in [1.54, 1.807) is 12.3 Å². The third kappa shape index (κ3) is 6.79. The fourth-order valence-electron chi connectivity index (χ4n) is 5.89. The van der Waals surface area contributed by atoms with Gasteiger partial charge in [-0.3, -0.25) is 9.97 Å². The molecule has 2 aromatic heterocycles. The van der Waals surface area contributed by atoms with Crippen LogP contribution in [-0.4, -0.2) is 23.1 Å². The van der Waals surface area contributed by atoms with Gasteiger partial charge in [0.1, 0.15) is 5.82 Å². The molecule has 0 fully saturated rings. The molecule has 0 amide bonds. The first-order valence-electron chi connectivity index (χ1n) is 15.1. The van der Waals surface area contributed by atoms with Gasteiger partial charge < -0.3 is 5.32 Å². The fourth-order valence-corrected chi connectivity index (χ4v) is 6.46. The largest absolute Gasteiger partial charge is 0.315 e. The molecule has 7 heteroatoms. The summed E-state index contributed by atoms with van der Waals surface area (Å²) in [6.07, 6.45) is 2.67. The normalized spacial score (nSPS) is 13.7. The molecular formula is C37H37Cl3FN3.